The number of carboxylic acid groups (broad SMARTS) is 1. The molecule has 0 aliphatic heterocycles. The van der Waals surface area contributed by atoms with Crippen molar-refractivity contribution in [2.75, 3.05) is 20.1 Å². The fourth-order valence-corrected chi connectivity index (χ4v) is 2.24. The van der Waals surface area contributed by atoms with Crippen LogP contribution >= 0.6 is 11.3 Å². The summed E-state index contributed by atoms with van der Waals surface area (Å²) in [5.41, 5.74) is 0.0243. The van der Waals surface area contributed by atoms with Gasteiger partial charge in [-0.1, -0.05) is 0 Å². The molecule has 1 unspecified atom stereocenters. The molecule has 20 heavy (non-hydrogen) atoms. The molecule has 7 nitrogen and oxygen atoms in total. The van der Waals surface area contributed by atoms with Crippen molar-refractivity contribution in [1.82, 2.24) is 15.2 Å². The maximum atomic E-state index is 11.7. The predicted molar refractivity (Wildman–Crippen MR) is 73.6 cm³/mol. The van der Waals surface area contributed by atoms with Gasteiger partial charge in [0.1, 0.15) is 0 Å². The van der Waals surface area contributed by atoms with Gasteiger partial charge in [-0.15, -0.1) is 11.3 Å². The highest BCUT2D eigenvalue weighted by molar-refractivity contribution is 7.09. The number of carboxylic acids is 1. The van der Waals surface area contributed by atoms with Crippen molar-refractivity contribution >= 4 is 23.3 Å². The minimum Gasteiger partial charge on any atom is -0.476 e. The molecular weight excluding hydrogens is 280 g/mol. The molecule has 0 saturated carbocycles. The molecule has 0 aliphatic rings. The van der Waals surface area contributed by atoms with Crippen LogP contribution in [0.5, 0.6) is 0 Å². The van der Waals surface area contributed by atoms with Crippen LogP contribution in [-0.4, -0.2) is 47.1 Å². The van der Waals surface area contributed by atoms with E-state index in [0.717, 1.165) is 0 Å². The molecule has 1 rings (SSSR count). The maximum Gasteiger partial charge on any atom is 0.355 e. The summed E-state index contributed by atoms with van der Waals surface area (Å²) in [4.78, 5) is 27.7. The van der Waals surface area contributed by atoms with Gasteiger partial charge in [-0.25, -0.2) is 14.6 Å². The van der Waals surface area contributed by atoms with E-state index in [-0.39, 0.29) is 17.6 Å². The standard InChI is InChI=1S/C12H16N4O3S/c1-8(5-13)6-16(2)12(19)14-4-3-10-15-9(7-20-10)11(17)18/h7-8H,3-4,6H2,1-2H3,(H,14,19)(H,17,18). The lowest BCUT2D eigenvalue weighted by Gasteiger charge is -2.18. The van der Waals surface area contributed by atoms with E-state index in [2.05, 4.69) is 16.4 Å². The highest BCUT2D eigenvalue weighted by Gasteiger charge is 2.12. The van der Waals surface area contributed by atoms with E-state index in [1.54, 1.807) is 14.0 Å². The van der Waals surface area contributed by atoms with Crippen molar-refractivity contribution in [3.63, 3.8) is 0 Å². The fourth-order valence-electron chi connectivity index (χ4n) is 1.47. The molecule has 0 saturated heterocycles. The highest BCUT2D eigenvalue weighted by Crippen LogP contribution is 2.09. The van der Waals surface area contributed by atoms with Crippen LogP contribution in [0.15, 0.2) is 5.38 Å². The van der Waals surface area contributed by atoms with Crippen LogP contribution < -0.4 is 5.32 Å². The highest BCUT2D eigenvalue weighted by atomic mass is 32.1. The molecule has 0 aliphatic carbocycles. The second-order valence-corrected chi connectivity index (χ2v) is 5.27. The van der Waals surface area contributed by atoms with Crippen LogP contribution in [0.3, 0.4) is 0 Å². The van der Waals surface area contributed by atoms with Crippen molar-refractivity contribution in [3.8, 4) is 6.07 Å². The third kappa shape index (κ3) is 4.85. The van der Waals surface area contributed by atoms with E-state index >= 15 is 0 Å². The summed E-state index contributed by atoms with van der Waals surface area (Å²) in [7, 11) is 1.62. The van der Waals surface area contributed by atoms with Crippen LogP contribution in [0, 0.1) is 17.2 Å². The molecule has 1 aromatic heterocycles. The Morgan fingerprint density at radius 2 is 2.35 bits per heavy atom. The largest absolute Gasteiger partial charge is 0.476 e. The van der Waals surface area contributed by atoms with Crippen molar-refractivity contribution in [2.45, 2.75) is 13.3 Å². The molecule has 1 atom stereocenters. The first kappa shape index (κ1) is 15.9. The Kier molecular flexibility index (Phi) is 5.93. The average Bonchev–Trinajstić information content (AvgIpc) is 2.87. The van der Waals surface area contributed by atoms with Gasteiger partial charge in [-0.2, -0.15) is 5.26 Å². The van der Waals surface area contributed by atoms with Crippen LogP contribution in [0.4, 0.5) is 4.79 Å². The Labute approximate surface area is 120 Å². The van der Waals surface area contributed by atoms with Crippen LogP contribution in [0.2, 0.25) is 0 Å². The molecule has 0 aromatic carbocycles. The van der Waals surface area contributed by atoms with Gasteiger partial charge in [0.15, 0.2) is 5.69 Å². The van der Waals surface area contributed by atoms with E-state index in [1.165, 1.54) is 21.6 Å². The number of nitriles is 1. The Morgan fingerprint density at radius 1 is 1.65 bits per heavy atom. The zero-order chi connectivity index (χ0) is 15.1. The molecule has 0 spiro atoms. The normalized spacial score (nSPS) is 11.4. The molecule has 0 fully saturated rings. The summed E-state index contributed by atoms with van der Waals surface area (Å²) in [6.07, 6.45) is 0.478. The van der Waals surface area contributed by atoms with Crippen molar-refractivity contribution < 1.29 is 14.7 Å². The number of nitrogens with one attached hydrogen (secondary N) is 1. The van der Waals surface area contributed by atoms with Gasteiger partial charge in [0, 0.05) is 31.9 Å². The number of carbonyl (C=O) groups excluding carboxylic acids is 1. The minimum absolute atomic E-state index is 0.0243. The minimum atomic E-state index is -1.05. The number of urea groups is 1. The number of carbonyl (C=O) groups is 2. The second kappa shape index (κ2) is 7.45. The van der Waals surface area contributed by atoms with E-state index in [1.807, 2.05) is 0 Å². The summed E-state index contributed by atoms with van der Waals surface area (Å²) in [5.74, 6) is -1.27. The van der Waals surface area contributed by atoms with Crippen molar-refractivity contribution in [3.05, 3.63) is 16.1 Å². The van der Waals surface area contributed by atoms with E-state index in [9.17, 15) is 9.59 Å². The Bertz CT molecular complexity index is 523. The van der Waals surface area contributed by atoms with Gasteiger partial charge in [-0.05, 0) is 6.92 Å². The number of aromatic carboxylic acids is 1. The van der Waals surface area contributed by atoms with Gasteiger partial charge in [0.2, 0.25) is 0 Å². The lowest BCUT2D eigenvalue weighted by atomic mass is 10.2. The number of hydrogen-bond donors (Lipinski definition) is 2. The lowest BCUT2D eigenvalue weighted by molar-refractivity contribution is 0.0691. The number of hydrogen-bond acceptors (Lipinski definition) is 5. The van der Waals surface area contributed by atoms with Gasteiger partial charge >= 0.3 is 12.0 Å². The molecule has 8 heteroatoms. The van der Waals surface area contributed by atoms with E-state index < -0.39 is 5.97 Å². The van der Waals surface area contributed by atoms with Crippen molar-refractivity contribution in [1.29, 1.82) is 5.26 Å². The zero-order valence-electron chi connectivity index (χ0n) is 11.3. The van der Waals surface area contributed by atoms with Gasteiger partial charge in [0.25, 0.3) is 0 Å². The molecular formula is C12H16N4O3S. The van der Waals surface area contributed by atoms with Gasteiger partial charge in [-0.3, -0.25) is 0 Å². The first-order valence-corrected chi connectivity index (χ1v) is 6.88. The van der Waals surface area contributed by atoms with Crippen LogP contribution in [-0.2, 0) is 6.42 Å². The van der Waals surface area contributed by atoms with Crippen LogP contribution in [0.25, 0.3) is 0 Å². The third-order valence-corrected chi connectivity index (χ3v) is 3.41. The topological polar surface area (TPSA) is 106 Å². The monoisotopic (exact) mass is 296 g/mol. The quantitative estimate of drug-likeness (QED) is 0.820. The number of amides is 2. The predicted octanol–water partition coefficient (Wildman–Crippen LogP) is 1.18. The summed E-state index contributed by atoms with van der Waals surface area (Å²) in [5, 5.41) is 22.2. The summed E-state index contributed by atoms with van der Waals surface area (Å²) < 4.78 is 0. The van der Waals surface area contributed by atoms with E-state index in [0.29, 0.717) is 24.5 Å². The SMILES string of the molecule is CC(C#N)CN(C)C(=O)NCCc1nc(C(=O)O)cs1. The van der Waals surface area contributed by atoms with Crippen molar-refractivity contribution in [2.24, 2.45) is 5.92 Å². The zero-order valence-corrected chi connectivity index (χ0v) is 12.1. The molecule has 1 heterocycles. The summed E-state index contributed by atoms with van der Waals surface area (Å²) in [6.45, 7) is 2.48. The molecule has 0 radical (unpaired) electrons. The molecule has 2 N–H and O–H groups in total. The Morgan fingerprint density at radius 3 is 2.90 bits per heavy atom. The second-order valence-electron chi connectivity index (χ2n) is 4.32. The molecule has 2 amide bonds. The van der Waals surface area contributed by atoms with Crippen LogP contribution in [0.1, 0.15) is 22.4 Å². The third-order valence-electron chi connectivity index (χ3n) is 2.50. The number of rotatable bonds is 6. The lowest BCUT2D eigenvalue weighted by Crippen LogP contribution is -2.40. The Balaban J connectivity index is 2.34. The number of aromatic nitrogens is 1. The fraction of sp³-hybridized carbons (Fsp3) is 0.500. The molecule has 1 aromatic rings. The maximum absolute atomic E-state index is 11.7. The number of nitrogens with zero attached hydrogens (tertiary/aromatic N) is 3. The van der Waals surface area contributed by atoms with Gasteiger partial charge < -0.3 is 15.3 Å². The number of thiazole rings is 1. The first-order valence-electron chi connectivity index (χ1n) is 6.00. The Hall–Kier alpha value is -2.14. The average molecular weight is 296 g/mol. The summed E-state index contributed by atoms with van der Waals surface area (Å²) >= 11 is 1.25. The first-order chi connectivity index (χ1) is 9.43. The van der Waals surface area contributed by atoms with Gasteiger partial charge in [0.05, 0.1) is 17.0 Å². The summed E-state index contributed by atoms with van der Waals surface area (Å²) in [6, 6.07) is 1.80. The molecule has 108 valence electrons. The van der Waals surface area contributed by atoms with E-state index in [4.69, 9.17) is 10.4 Å². The molecule has 0 bridgehead atoms. The smallest absolute Gasteiger partial charge is 0.355 e.